The van der Waals surface area contributed by atoms with Crippen molar-refractivity contribution in [2.75, 3.05) is 11.4 Å². The highest BCUT2D eigenvalue weighted by atomic mass is 32.1. The van der Waals surface area contributed by atoms with Crippen LogP contribution < -0.4 is 4.90 Å². The number of hydrogen-bond donors (Lipinski definition) is 1. The number of aryl methyl sites for hydroxylation is 1. The molecule has 1 aromatic heterocycles. The highest BCUT2D eigenvalue weighted by molar-refractivity contribution is 7.80. The fourth-order valence-corrected chi connectivity index (χ4v) is 3.14. The Balaban J connectivity index is 1.84. The Kier molecular flexibility index (Phi) is 2.22. The van der Waals surface area contributed by atoms with Crippen LogP contribution in [0.4, 0.5) is 11.6 Å². The molecule has 2 heterocycles. The predicted molar refractivity (Wildman–Crippen MR) is 78.4 cm³/mol. The van der Waals surface area contributed by atoms with Crippen molar-refractivity contribution in [1.29, 1.82) is 0 Å². The second-order valence-electron chi connectivity index (χ2n) is 5.63. The molecule has 4 rings (SSSR count). The lowest BCUT2D eigenvalue weighted by Gasteiger charge is -2.17. The molecule has 1 saturated carbocycles. The zero-order valence-electron chi connectivity index (χ0n) is 10.8. The topological polar surface area (TPSA) is 29.0 Å². The molecule has 1 aliphatic carbocycles. The first-order chi connectivity index (χ1) is 9.18. The third kappa shape index (κ3) is 1.66. The average molecular weight is 269 g/mol. The molecule has 0 N–H and O–H groups in total. The van der Waals surface area contributed by atoms with E-state index in [1.807, 2.05) is 19.3 Å². The maximum absolute atomic E-state index is 4.47. The molecule has 0 atom stereocenters. The summed E-state index contributed by atoms with van der Waals surface area (Å²) in [5.41, 5.74) is 4.11. The van der Waals surface area contributed by atoms with Gasteiger partial charge in [0.15, 0.2) is 0 Å². The van der Waals surface area contributed by atoms with E-state index in [4.69, 9.17) is 0 Å². The number of anilines is 2. The molecule has 1 aromatic carbocycles. The number of fused-ring (bicyclic) bond motifs is 2. The number of hydrogen-bond acceptors (Lipinski definition) is 4. The van der Waals surface area contributed by atoms with Crippen LogP contribution in [0, 0.1) is 6.92 Å². The fourth-order valence-electron chi connectivity index (χ4n) is 2.95. The second kappa shape index (κ2) is 3.73. The molecule has 0 unspecified atom stereocenters. The van der Waals surface area contributed by atoms with Gasteiger partial charge in [-0.05, 0) is 43.0 Å². The van der Waals surface area contributed by atoms with E-state index in [1.54, 1.807) is 0 Å². The maximum Gasteiger partial charge on any atom is 0.229 e. The van der Waals surface area contributed by atoms with Crippen LogP contribution in [0.5, 0.6) is 0 Å². The smallest absolute Gasteiger partial charge is 0.229 e. The quantitative estimate of drug-likeness (QED) is 0.806. The summed E-state index contributed by atoms with van der Waals surface area (Å²) in [5.74, 6) is 0.801. The first-order valence-corrected chi connectivity index (χ1v) is 7.02. The molecule has 0 saturated heterocycles. The van der Waals surface area contributed by atoms with Gasteiger partial charge in [0, 0.05) is 34.9 Å². The zero-order chi connectivity index (χ0) is 13.0. The van der Waals surface area contributed by atoms with Crippen LogP contribution in [0.3, 0.4) is 0 Å². The minimum absolute atomic E-state index is 0.352. The lowest BCUT2D eigenvalue weighted by molar-refractivity contribution is 0.734. The van der Waals surface area contributed by atoms with Crippen molar-refractivity contribution in [2.24, 2.45) is 0 Å². The van der Waals surface area contributed by atoms with Gasteiger partial charge in [0.05, 0.1) is 0 Å². The molecule has 0 radical (unpaired) electrons. The summed E-state index contributed by atoms with van der Waals surface area (Å²) in [5, 5.41) is 0. The Morgan fingerprint density at radius 3 is 2.63 bits per heavy atom. The summed E-state index contributed by atoms with van der Waals surface area (Å²) in [6.45, 7) is 3.01. The summed E-state index contributed by atoms with van der Waals surface area (Å²) >= 11 is 4.46. The van der Waals surface area contributed by atoms with Crippen molar-refractivity contribution >= 4 is 24.3 Å². The summed E-state index contributed by atoms with van der Waals surface area (Å²) in [6.07, 6.45) is 6.30. The monoisotopic (exact) mass is 269 g/mol. The molecule has 96 valence electrons. The molecule has 1 aliphatic heterocycles. The number of nitrogens with zero attached hydrogens (tertiary/aromatic N) is 3. The molecular formula is C15H15N3S. The first kappa shape index (κ1) is 11.3. The molecule has 3 nitrogen and oxygen atoms in total. The van der Waals surface area contributed by atoms with Crippen molar-refractivity contribution in [3.63, 3.8) is 0 Å². The lowest BCUT2D eigenvalue weighted by Crippen LogP contribution is -2.21. The molecule has 19 heavy (non-hydrogen) atoms. The number of benzene rings is 1. The molecule has 2 aliphatic rings. The third-order valence-electron chi connectivity index (χ3n) is 4.17. The van der Waals surface area contributed by atoms with Crippen molar-refractivity contribution in [3.05, 3.63) is 41.7 Å². The molecular weight excluding hydrogens is 254 g/mol. The number of aromatic nitrogens is 2. The summed E-state index contributed by atoms with van der Waals surface area (Å²) in [4.78, 5) is 12.2. The van der Waals surface area contributed by atoms with E-state index < -0.39 is 0 Å². The van der Waals surface area contributed by atoms with Crippen molar-refractivity contribution < 1.29 is 0 Å². The van der Waals surface area contributed by atoms with E-state index in [0.29, 0.717) is 5.41 Å². The highest BCUT2D eigenvalue weighted by Crippen LogP contribution is 2.57. The summed E-state index contributed by atoms with van der Waals surface area (Å²) in [7, 11) is 0. The van der Waals surface area contributed by atoms with Gasteiger partial charge < -0.3 is 4.90 Å². The van der Waals surface area contributed by atoms with Gasteiger partial charge in [-0.1, -0.05) is 6.07 Å². The highest BCUT2D eigenvalue weighted by Gasteiger charge is 2.52. The zero-order valence-corrected chi connectivity index (χ0v) is 11.7. The van der Waals surface area contributed by atoms with E-state index in [1.165, 1.54) is 24.1 Å². The standard InChI is InChI=1S/C15H15N3S/c1-10-7-16-14(17-8-10)18-9-15(4-5-15)12-3-2-11(19)6-13(12)18/h2-3,6-8,19H,4-5,9H2,1H3. The third-order valence-corrected chi connectivity index (χ3v) is 4.44. The predicted octanol–water partition coefficient (Wildman–Crippen LogP) is 3.26. The minimum Gasteiger partial charge on any atom is -0.309 e. The van der Waals surface area contributed by atoms with E-state index in [0.717, 1.165) is 23.0 Å². The summed E-state index contributed by atoms with van der Waals surface area (Å²) < 4.78 is 0. The largest absolute Gasteiger partial charge is 0.309 e. The number of thiol groups is 1. The molecule has 0 bridgehead atoms. The second-order valence-corrected chi connectivity index (χ2v) is 6.14. The van der Waals surface area contributed by atoms with Gasteiger partial charge in [-0.15, -0.1) is 12.6 Å². The molecule has 0 amide bonds. The van der Waals surface area contributed by atoms with Crippen LogP contribution in [0.25, 0.3) is 0 Å². The van der Waals surface area contributed by atoms with Crippen molar-refractivity contribution in [3.8, 4) is 0 Å². The van der Waals surface area contributed by atoms with Crippen LogP contribution in [0.1, 0.15) is 24.0 Å². The van der Waals surface area contributed by atoms with Crippen molar-refractivity contribution in [1.82, 2.24) is 9.97 Å². The van der Waals surface area contributed by atoms with Gasteiger partial charge in [-0.2, -0.15) is 0 Å². The van der Waals surface area contributed by atoms with Gasteiger partial charge in [0.2, 0.25) is 5.95 Å². The van der Waals surface area contributed by atoms with Crippen LogP contribution in [0.2, 0.25) is 0 Å². The average Bonchev–Trinajstić information content (AvgIpc) is 3.10. The van der Waals surface area contributed by atoms with E-state index in [-0.39, 0.29) is 0 Å². The fraction of sp³-hybridized carbons (Fsp3) is 0.333. The van der Waals surface area contributed by atoms with Crippen LogP contribution >= 0.6 is 12.6 Å². The molecule has 2 aromatic rings. The van der Waals surface area contributed by atoms with Crippen LogP contribution in [-0.2, 0) is 5.41 Å². The van der Waals surface area contributed by atoms with Crippen LogP contribution in [-0.4, -0.2) is 16.5 Å². The van der Waals surface area contributed by atoms with E-state index >= 15 is 0 Å². The Labute approximate surface area is 118 Å². The lowest BCUT2D eigenvalue weighted by atomic mass is 9.99. The molecule has 1 spiro atoms. The first-order valence-electron chi connectivity index (χ1n) is 6.58. The minimum atomic E-state index is 0.352. The van der Waals surface area contributed by atoms with Gasteiger partial charge in [-0.3, -0.25) is 0 Å². The van der Waals surface area contributed by atoms with Gasteiger partial charge >= 0.3 is 0 Å². The summed E-state index contributed by atoms with van der Waals surface area (Å²) in [6, 6.07) is 6.44. The van der Waals surface area contributed by atoms with Crippen molar-refractivity contribution in [2.45, 2.75) is 30.1 Å². The van der Waals surface area contributed by atoms with E-state index in [2.05, 4.69) is 45.7 Å². The van der Waals surface area contributed by atoms with E-state index in [9.17, 15) is 0 Å². The Hall–Kier alpha value is -1.55. The van der Waals surface area contributed by atoms with Gasteiger partial charge in [-0.25, -0.2) is 9.97 Å². The van der Waals surface area contributed by atoms with Gasteiger partial charge in [0.1, 0.15) is 0 Å². The Morgan fingerprint density at radius 2 is 1.95 bits per heavy atom. The molecule has 1 fully saturated rings. The Bertz CT molecular complexity index is 647. The van der Waals surface area contributed by atoms with Crippen LogP contribution in [0.15, 0.2) is 35.5 Å². The SMILES string of the molecule is Cc1cnc(N2CC3(CC3)c3ccc(S)cc32)nc1. The Morgan fingerprint density at radius 1 is 1.21 bits per heavy atom. The van der Waals surface area contributed by atoms with Gasteiger partial charge in [0.25, 0.3) is 0 Å². The maximum atomic E-state index is 4.47. The normalized spacial score (nSPS) is 18.7. The number of rotatable bonds is 1. The molecule has 4 heteroatoms.